The molecule has 0 bridgehead atoms. The minimum Gasteiger partial charge on any atom is -0.352 e. The second-order valence-corrected chi connectivity index (χ2v) is 6.73. The van der Waals surface area contributed by atoms with Crippen LogP contribution in [0.5, 0.6) is 0 Å². The van der Waals surface area contributed by atoms with Crippen LogP contribution >= 0.6 is 0 Å². The van der Waals surface area contributed by atoms with Crippen LogP contribution in [0.4, 0.5) is 0 Å². The molecule has 1 amide bonds. The van der Waals surface area contributed by atoms with Gasteiger partial charge in [0.25, 0.3) is 0 Å². The van der Waals surface area contributed by atoms with Gasteiger partial charge < -0.3 is 10.6 Å². The van der Waals surface area contributed by atoms with E-state index < -0.39 is 0 Å². The van der Waals surface area contributed by atoms with Gasteiger partial charge in [-0.2, -0.15) is 0 Å². The first kappa shape index (κ1) is 14.8. The Morgan fingerprint density at radius 2 is 1.58 bits per heavy atom. The van der Waals surface area contributed by atoms with Crippen LogP contribution in [-0.4, -0.2) is 24.0 Å². The van der Waals surface area contributed by atoms with E-state index in [1.165, 1.54) is 70.6 Å². The predicted molar refractivity (Wildman–Crippen MR) is 79.1 cm³/mol. The molecule has 0 aliphatic heterocycles. The van der Waals surface area contributed by atoms with Gasteiger partial charge in [-0.15, -0.1) is 0 Å². The zero-order valence-corrected chi connectivity index (χ0v) is 12.5. The molecule has 2 rings (SSSR count). The lowest BCUT2D eigenvalue weighted by molar-refractivity contribution is -0.121. The lowest BCUT2D eigenvalue weighted by atomic mass is 9.83. The van der Waals surface area contributed by atoms with Crippen LogP contribution in [0.2, 0.25) is 0 Å². The van der Waals surface area contributed by atoms with Crippen molar-refractivity contribution >= 4 is 5.91 Å². The van der Waals surface area contributed by atoms with Gasteiger partial charge in [-0.1, -0.05) is 44.9 Å². The van der Waals surface area contributed by atoms with Crippen LogP contribution in [0, 0.1) is 0 Å². The third-order valence-corrected chi connectivity index (χ3v) is 4.85. The summed E-state index contributed by atoms with van der Waals surface area (Å²) in [6, 6.07) is 0.427. The van der Waals surface area contributed by atoms with Crippen molar-refractivity contribution in [1.29, 1.82) is 0 Å². The summed E-state index contributed by atoms with van der Waals surface area (Å²) in [5.41, 5.74) is 0.193. The van der Waals surface area contributed by atoms with Crippen molar-refractivity contribution in [3.05, 3.63) is 0 Å². The maximum atomic E-state index is 12.0. The lowest BCUT2D eigenvalue weighted by Crippen LogP contribution is -2.49. The molecule has 110 valence electrons. The molecule has 0 atom stereocenters. The van der Waals surface area contributed by atoms with Crippen LogP contribution in [0.3, 0.4) is 0 Å². The summed E-state index contributed by atoms with van der Waals surface area (Å²) in [6.45, 7) is 2.76. The van der Waals surface area contributed by atoms with Crippen molar-refractivity contribution < 1.29 is 4.79 Å². The van der Waals surface area contributed by atoms with E-state index in [0.29, 0.717) is 12.6 Å². The van der Waals surface area contributed by atoms with E-state index >= 15 is 0 Å². The standard InChI is InChI=1S/C16H30N2O/c1-16(11-7-4-8-12-16)17-13-15(19)18-14-9-5-2-3-6-10-14/h14,17H,2-13H2,1H3,(H,18,19). The highest BCUT2D eigenvalue weighted by molar-refractivity contribution is 5.78. The Balaban J connectivity index is 1.68. The topological polar surface area (TPSA) is 41.1 Å². The van der Waals surface area contributed by atoms with E-state index in [-0.39, 0.29) is 11.4 Å². The zero-order chi connectivity index (χ0) is 13.6. The van der Waals surface area contributed by atoms with Crippen LogP contribution < -0.4 is 10.6 Å². The molecule has 2 saturated carbocycles. The number of amides is 1. The van der Waals surface area contributed by atoms with Crippen molar-refractivity contribution in [2.45, 2.75) is 89.1 Å². The Morgan fingerprint density at radius 1 is 1.00 bits per heavy atom. The monoisotopic (exact) mass is 266 g/mol. The Morgan fingerprint density at radius 3 is 2.21 bits per heavy atom. The van der Waals surface area contributed by atoms with Gasteiger partial charge in [0, 0.05) is 11.6 Å². The number of carbonyl (C=O) groups is 1. The molecule has 2 aliphatic carbocycles. The zero-order valence-electron chi connectivity index (χ0n) is 12.5. The Labute approximate surface area is 117 Å². The number of carbonyl (C=O) groups excluding carboxylic acids is 1. The van der Waals surface area contributed by atoms with E-state index in [0.717, 1.165) is 0 Å². The van der Waals surface area contributed by atoms with Gasteiger partial charge in [0.15, 0.2) is 0 Å². The molecule has 3 heteroatoms. The summed E-state index contributed by atoms with van der Waals surface area (Å²) >= 11 is 0. The molecular formula is C16H30N2O. The van der Waals surface area contributed by atoms with Gasteiger partial charge in [-0.05, 0) is 32.6 Å². The fourth-order valence-corrected chi connectivity index (χ4v) is 3.50. The number of nitrogens with one attached hydrogen (secondary N) is 2. The molecule has 0 heterocycles. The smallest absolute Gasteiger partial charge is 0.234 e. The van der Waals surface area contributed by atoms with E-state index in [2.05, 4.69) is 17.6 Å². The van der Waals surface area contributed by atoms with Crippen molar-refractivity contribution in [3.63, 3.8) is 0 Å². The molecule has 19 heavy (non-hydrogen) atoms. The van der Waals surface area contributed by atoms with E-state index in [4.69, 9.17) is 0 Å². The molecule has 0 saturated heterocycles. The van der Waals surface area contributed by atoms with Crippen molar-refractivity contribution in [3.8, 4) is 0 Å². The second kappa shape index (κ2) is 7.28. The van der Waals surface area contributed by atoms with Crippen LogP contribution in [0.1, 0.15) is 77.6 Å². The highest BCUT2D eigenvalue weighted by atomic mass is 16.2. The number of rotatable bonds is 4. The fraction of sp³-hybridized carbons (Fsp3) is 0.938. The maximum Gasteiger partial charge on any atom is 0.234 e. The maximum absolute atomic E-state index is 12.0. The van der Waals surface area contributed by atoms with Crippen molar-refractivity contribution in [2.24, 2.45) is 0 Å². The third kappa shape index (κ3) is 5.13. The molecule has 0 spiro atoms. The highest BCUT2D eigenvalue weighted by Gasteiger charge is 2.26. The van der Waals surface area contributed by atoms with Crippen molar-refractivity contribution in [2.75, 3.05) is 6.54 Å². The van der Waals surface area contributed by atoms with Crippen molar-refractivity contribution in [1.82, 2.24) is 10.6 Å². The SMILES string of the molecule is CC1(NCC(=O)NC2CCCCCC2)CCCCC1. The first-order valence-electron chi connectivity index (χ1n) is 8.22. The molecule has 2 aliphatic rings. The fourth-order valence-electron chi connectivity index (χ4n) is 3.50. The first-order chi connectivity index (χ1) is 9.18. The second-order valence-electron chi connectivity index (χ2n) is 6.73. The average Bonchev–Trinajstić information content (AvgIpc) is 2.66. The molecule has 0 unspecified atom stereocenters. The first-order valence-corrected chi connectivity index (χ1v) is 8.22. The largest absolute Gasteiger partial charge is 0.352 e. The molecule has 0 aromatic rings. The number of hydrogen-bond acceptors (Lipinski definition) is 2. The van der Waals surface area contributed by atoms with Gasteiger partial charge in [-0.25, -0.2) is 0 Å². The third-order valence-electron chi connectivity index (χ3n) is 4.85. The predicted octanol–water partition coefficient (Wildman–Crippen LogP) is 3.14. The summed E-state index contributed by atoms with van der Waals surface area (Å²) in [4.78, 5) is 12.0. The molecule has 3 nitrogen and oxygen atoms in total. The summed E-state index contributed by atoms with van der Waals surface area (Å²) < 4.78 is 0. The molecule has 0 aromatic carbocycles. The summed E-state index contributed by atoms with van der Waals surface area (Å²) in [7, 11) is 0. The van der Waals surface area contributed by atoms with Gasteiger partial charge in [0.05, 0.1) is 6.54 Å². The quantitative estimate of drug-likeness (QED) is 0.768. The van der Waals surface area contributed by atoms with Crippen LogP contribution in [0.25, 0.3) is 0 Å². The molecule has 0 aromatic heterocycles. The summed E-state index contributed by atoms with van der Waals surface area (Å²) in [5.74, 6) is 0.193. The van der Waals surface area contributed by atoms with E-state index in [1.54, 1.807) is 0 Å². The molecular weight excluding hydrogens is 236 g/mol. The van der Waals surface area contributed by atoms with Gasteiger partial charge in [0.2, 0.25) is 5.91 Å². The molecule has 2 N–H and O–H groups in total. The molecule has 0 radical (unpaired) electrons. The van der Waals surface area contributed by atoms with Gasteiger partial charge >= 0.3 is 0 Å². The molecule has 2 fully saturated rings. The Hall–Kier alpha value is -0.570. The van der Waals surface area contributed by atoms with Crippen LogP contribution in [-0.2, 0) is 4.79 Å². The lowest BCUT2D eigenvalue weighted by Gasteiger charge is -2.34. The minimum absolute atomic E-state index is 0.193. The number of hydrogen-bond donors (Lipinski definition) is 2. The Kier molecular flexibility index (Phi) is 5.68. The highest BCUT2D eigenvalue weighted by Crippen LogP contribution is 2.27. The van der Waals surface area contributed by atoms with Gasteiger partial charge in [0.1, 0.15) is 0 Å². The summed E-state index contributed by atoms with van der Waals surface area (Å²) in [5, 5.41) is 6.71. The van der Waals surface area contributed by atoms with E-state index in [9.17, 15) is 4.79 Å². The summed E-state index contributed by atoms with van der Waals surface area (Å²) in [6.07, 6.45) is 13.9. The van der Waals surface area contributed by atoms with Crippen LogP contribution in [0.15, 0.2) is 0 Å². The van der Waals surface area contributed by atoms with E-state index in [1.807, 2.05) is 0 Å². The van der Waals surface area contributed by atoms with Gasteiger partial charge in [-0.3, -0.25) is 4.79 Å². The normalized spacial score (nSPS) is 24.7. The average molecular weight is 266 g/mol. The Bertz CT molecular complexity index is 276. The minimum atomic E-state index is 0.193.